The summed E-state index contributed by atoms with van der Waals surface area (Å²) >= 11 is 0. The van der Waals surface area contributed by atoms with Gasteiger partial charge in [0, 0.05) is 6.42 Å². The van der Waals surface area contributed by atoms with Crippen molar-refractivity contribution >= 4 is 5.91 Å². The van der Waals surface area contributed by atoms with Crippen LogP contribution < -0.4 is 5.32 Å². The van der Waals surface area contributed by atoms with Gasteiger partial charge in [0.05, 0.1) is 38.6 Å². The molecule has 0 spiro atoms. The fourth-order valence-electron chi connectivity index (χ4n) is 13.9. The molecule has 17 atom stereocenters. The molecule has 0 bridgehead atoms. The molecule has 3 fully saturated rings. The highest BCUT2D eigenvalue weighted by Gasteiger charge is 2.54. The third-order valence-electron chi connectivity index (χ3n) is 20.6. The molecule has 0 radical (unpaired) electrons. The van der Waals surface area contributed by atoms with Crippen molar-refractivity contribution in [2.45, 2.75) is 420 Å². The number of carbonyl (C=O) groups excluding carboxylic acids is 1. The SMILES string of the molecule is CC/C=C\C/C=C\C/C=C\C/C=C\C/C=C\C/C=C\CCCCCCCCCCCCCCC(=O)NC(COC1OC(CO)C(OC2OC(CO)C(OC3OC(CO)C(O)C(O)C3O)C(O)C2O)C(O)C1O)C(O)/C=C/CC/C=C/CCCCCCCCCCCCCCCCCCCCCCCCCC. The number of allylic oxidation sites excluding steroid dienone is 15. The lowest BCUT2D eigenvalue weighted by Gasteiger charge is -2.48. The van der Waals surface area contributed by atoms with E-state index in [9.17, 15) is 61.0 Å². The van der Waals surface area contributed by atoms with Crippen LogP contribution in [0, 0.1) is 0 Å². The molecule has 0 aliphatic carbocycles. The zero-order valence-corrected chi connectivity index (χ0v) is 65.9. The third kappa shape index (κ3) is 45.3. The number of nitrogens with one attached hydrogen (secondary N) is 1. The summed E-state index contributed by atoms with van der Waals surface area (Å²) < 4.78 is 34.5. The Balaban J connectivity index is 1.37. The average molecular weight is 1500 g/mol. The molecule has 0 aromatic rings. The normalized spacial score (nSPS) is 26.1. The minimum Gasteiger partial charge on any atom is -0.394 e. The van der Waals surface area contributed by atoms with Crippen molar-refractivity contribution in [2.75, 3.05) is 26.4 Å². The summed E-state index contributed by atoms with van der Waals surface area (Å²) in [6.07, 6.45) is 64.0. The Morgan fingerprint density at radius 1 is 0.349 bits per heavy atom. The van der Waals surface area contributed by atoms with E-state index < -0.39 is 124 Å². The van der Waals surface area contributed by atoms with Crippen LogP contribution in [0.4, 0.5) is 0 Å². The summed E-state index contributed by atoms with van der Waals surface area (Å²) in [6.45, 7) is 1.63. The van der Waals surface area contributed by atoms with E-state index in [0.717, 1.165) is 89.9 Å². The van der Waals surface area contributed by atoms with Crippen molar-refractivity contribution in [3.05, 3.63) is 97.2 Å². The minimum absolute atomic E-state index is 0.228. The highest BCUT2D eigenvalue weighted by molar-refractivity contribution is 5.76. The second-order valence-electron chi connectivity index (χ2n) is 29.9. The van der Waals surface area contributed by atoms with Crippen LogP contribution in [0.3, 0.4) is 0 Å². The number of unbranched alkanes of at least 4 members (excludes halogenated alkanes) is 37. The van der Waals surface area contributed by atoms with Crippen molar-refractivity contribution in [2.24, 2.45) is 0 Å². The van der Waals surface area contributed by atoms with Crippen molar-refractivity contribution < 1.29 is 89.4 Å². The molecule has 19 nitrogen and oxygen atoms in total. The average Bonchev–Trinajstić information content (AvgIpc) is 0.780. The van der Waals surface area contributed by atoms with Crippen LogP contribution in [0.15, 0.2) is 97.2 Å². The van der Waals surface area contributed by atoms with E-state index in [1.54, 1.807) is 6.08 Å². The van der Waals surface area contributed by atoms with Gasteiger partial charge in [-0.2, -0.15) is 0 Å². The summed E-state index contributed by atoms with van der Waals surface area (Å²) in [6, 6.07) is -0.999. The maximum atomic E-state index is 13.5. The van der Waals surface area contributed by atoms with Gasteiger partial charge in [-0.1, -0.05) is 323 Å². The summed E-state index contributed by atoms with van der Waals surface area (Å²) in [5, 5.41) is 121. The monoisotopic (exact) mass is 1500 g/mol. The standard InChI is InChI=1S/C87H153NO18/c1-3-5-7-9-11-13-15-17-19-21-23-25-27-29-31-33-35-37-39-41-43-45-47-49-51-53-55-57-59-61-63-65-75(93)88-70(71(92)64-62-60-58-56-54-52-50-48-46-44-42-40-38-36-34-32-30-28-26-24-22-20-18-16-14-12-10-8-6-4-2)69-101-85-81(99)78(96)83(73(67-90)103-85)106-87-82(100)79(97)84(74(68-91)104-87)105-86-80(98)77(95)76(94)72(66-89)102-86/h5,7,11,13,17,19,23,25,29,31,35,37,54,56,62,64,70-74,76-87,89-92,94-100H,3-4,6,8-10,12,14-16,18,20-22,24,26-28,30,32-34,36,38-53,55,57-61,63,65-69H2,1-2H3,(H,88,93)/b7-5-,13-11-,19-17-,25-23-,31-29-,37-35-,56-54+,64-62+. The first-order valence-corrected chi connectivity index (χ1v) is 42.5. The molecule has 0 aromatic carbocycles. The lowest BCUT2D eigenvalue weighted by molar-refractivity contribution is -0.379. The van der Waals surface area contributed by atoms with Crippen LogP contribution in [0.1, 0.15) is 316 Å². The van der Waals surface area contributed by atoms with Crippen molar-refractivity contribution in [1.82, 2.24) is 5.32 Å². The second kappa shape index (κ2) is 66.3. The number of hydrogen-bond donors (Lipinski definition) is 12. The van der Waals surface area contributed by atoms with Crippen molar-refractivity contribution in [3.63, 3.8) is 0 Å². The fourth-order valence-corrected chi connectivity index (χ4v) is 13.9. The Kier molecular flexibility index (Phi) is 60.6. The number of ether oxygens (including phenoxy) is 6. The lowest BCUT2D eigenvalue weighted by atomic mass is 9.96. The smallest absolute Gasteiger partial charge is 0.220 e. The molecule has 1 amide bonds. The molecule has 19 heteroatoms. The van der Waals surface area contributed by atoms with Gasteiger partial charge >= 0.3 is 0 Å². The molecule has 3 aliphatic rings. The van der Waals surface area contributed by atoms with E-state index in [1.807, 2.05) is 6.08 Å². The van der Waals surface area contributed by atoms with Crippen LogP contribution in [-0.2, 0) is 33.2 Å². The number of hydrogen-bond acceptors (Lipinski definition) is 18. The van der Waals surface area contributed by atoms with E-state index >= 15 is 0 Å². The van der Waals surface area contributed by atoms with Gasteiger partial charge in [-0.15, -0.1) is 0 Å². The van der Waals surface area contributed by atoms with Crippen molar-refractivity contribution in [1.29, 1.82) is 0 Å². The van der Waals surface area contributed by atoms with Gasteiger partial charge in [-0.05, 0) is 83.5 Å². The molecule has 0 aromatic heterocycles. The van der Waals surface area contributed by atoms with E-state index in [0.29, 0.717) is 12.8 Å². The molecule has 0 saturated carbocycles. The number of carbonyl (C=O) groups is 1. The van der Waals surface area contributed by atoms with Crippen LogP contribution in [0.5, 0.6) is 0 Å². The highest BCUT2D eigenvalue weighted by Crippen LogP contribution is 2.33. The Hall–Kier alpha value is -3.29. The topological polar surface area (TPSA) is 307 Å². The molecular weight excluding hydrogens is 1350 g/mol. The first kappa shape index (κ1) is 96.9. The van der Waals surface area contributed by atoms with E-state index in [2.05, 4.69) is 104 Å². The number of aliphatic hydroxyl groups is 11. The zero-order valence-electron chi connectivity index (χ0n) is 65.9. The molecule has 3 saturated heterocycles. The van der Waals surface area contributed by atoms with Gasteiger partial charge in [0.15, 0.2) is 18.9 Å². The molecule has 106 heavy (non-hydrogen) atoms. The van der Waals surface area contributed by atoms with Crippen LogP contribution in [0.2, 0.25) is 0 Å². The summed E-state index contributed by atoms with van der Waals surface area (Å²) in [5.74, 6) is -0.288. The largest absolute Gasteiger partial charge is 0.394 e. The highest BCUT2D eigenvalue weighted by atomic mass is 16.8. The fraction of sp³-hybridized carbons (Fsp3) is 0.805. The maximum Gasteiger partial charge on any atom is 0.220 e. The minimum atomic E-state index is -1.99. The number of rotatable bonds is 67. The molecular formula is C87H153NO18. The third-order valence-corrected chi connectivity index (χ3v) is 20.6. The Bertz CT molecular complexity index is 2290. The predicted octanol–water partition coefficient (Wildman–Crippen LogP) is 15.1. The van der Waals surface area contributed by atoms with Gasteiger partial charge in [-0.25, -0.2) is 0 Å². The van der Waals surface area contributed by atoms with Gasteiger partial charge in [0.2, 0.25) is 5.91 Å². The van der Waals surface area contributed by atoms with Gasteiger partial charge in [0.1, 0.15) is 73.2 Å². The summed E-state index contributed by atoms with van der Waals surface area (Å²) in [7, 11) is 0. The Labute approximate surface area is 641 Å². The van der Waals surface area contributed by atoms with Gasteiger partial charge in [-0.3, -0.25) is 4.79 Å². The van der Waals surface area contributed by atoms with E-state index in [4.69, 9.17) is 28.4 Å². The lowest BCUT2D eigenvalue weighted by Crippen LogP contribution is -2.66. The molecule has 3 aliphatic heterocycles. The predicted molar refractivity (Wildman–Crippen MR) is 424 cm³/mol. The van der Waals surface area contributed by atoms with Crippen LogP contribution in [0.25, 0.3) is 0 Å². The van der Waals surface area contributed by atoms with Gasteiger partial charge in [0.25, 0.3) is 0 Å². The van der Waals surface area contributed by atoms with Crippen LogP contribution in [-0.4, -0.2) is 193 Å². The molecule has 3 heterocycles. The molecule has 3 rings (SSSR count). The van der Waals surface area contributed by atoms with E-state index in [1.165, 1.54) is 193 Å². The summed E-state index contributed by atoms with van der Waals surface area (Å²) in [4.78, 5) is 13.5. The summed E-state index contributed by atoms with van der Waals surface area (Å²) in [5.41, 5.74) is 0. The van der Waals surface area contributed by atoms with E-state index in [-0.39, 0.29) is 18.9 Å². The first-order chi connectivity index (χ1) is 51.8. The Morgan fingerprint density at radius 2 is 0.660 bits per heavy atom. The van der Waals surface area contributed by atoms with Crippen LogP contribution >= 0.6 is 0 Å². The number of amides is 1. The zero-order chi connectivity index (χ0) is 76.7. The number of aliphatic hydroxyl groups excluding tert-OH is 11. The molecule has 17 unspecified atom stereocenters. The maximum absolute atomic E-state index is 13.5. The first-order valence-electron chi connectivity index (χ1n) is 42.5. The Morgan fingerprint density at radius 3 is 1.06 bits per heavy atom. The van der Waals surface area contributed by atoms with Gasteiger partial charge < -0.3 is 89.9 Å². The second-order valence-corrected chi connectivity index (χ2v) is 29.9. The van der Waals surface area contributed by atoms with Crippen molar-refractivity contribution in [3.8, 4) is 0 Å². The molecule has 12 N–H and O–H groups in total. The molecule has 614 valence electrons. The quantitative estimate of drug-likeness (QED) is 0.0199.